The van der Waals surface area contributed by atoms with Crippen LogP contribution in [0.15, 0.2) is 30.6 Å². The molecular formula is C21H31FN4O3. The second-order valence-electron chi connectivity index (χ2n) is 8.20. The minimum absolute atomic E-state index is 0.223. The Morgan fingerprint density at radius 1 is 1.31 bits per heavy atom. The van der Waals surface area contributed by atoms with E-state index < -0.39 is 17.9 Å². The van der Waals surface area contributed by atoms with Crippen LogP contribution in [0, 0.1) is 18.7 Å². The number of aliphatic hydroxyl groups excluding tert-OH is 2. The zero-order chi connectivity index (χ0) is 21.2. The number of aromatic nitrogens is 2. The van der Waals surface area contributed by atoms with E-state index in [9.17, 15) is 19.7 Å². The number of nitrogens with one attached hydrogen (secondary N) is 1. The molecule has 7 nitrogen and oxygen atoms in total. The number of imidazole rings is 1. The van der Waals surface area contributed by atoms with Gasteiger partial charge in [-0.25, -0.2) is 9.37 Å². The first kappa shape index (κ1) is 21.7. The second kappa shape index (κ2) is 8.79. The van der Waals surface area contributed by atoms with Crippen LogP contribution in [0.5, 0.6) is 0 Å². The number of aliphatic hydroxyl groups is 3. The fourth-order valence-electron chi connectivity index (χ4n) is 3.89. The summed E-state index contributed by atoms with van der Waals surface area (Å²) >= 11 is 0. The lowest BCUT2D eigenvalue weighted by Gasteiger charge is -2.37. The summed E-state index contributed by atoms with van der Waals surface area (Å²) in [5, 5.41) is 34.6. The summed E-state index contributed by atoms with van der Waals surface area (Å²) in [6.07, 6.45) is 2.41. The number of rotatable bonds is 7. The number of nitrogens with zero attached hydrogens (tertiary/aromatic N) is 3. The molecule has 0 spiro atoms. The van der Waals surface area contributed by atoms with E-state index in [2.05, 4.69) is 15.2 Å². The van der Waals surface area contributed by atoms with Crippen LogP contribution in [0.2, 0.25) is 0 Å². The molecule has 3 atom stereocenters. The van der Waals surface area contributed by atoms with Gasteiger partial charge in [0.2, 0.25) is 0 Å². The highest BCUT2D eigenvalue weighted by molar-refractivity contribution is 5.53. The molecule has 1 fully saturated rings. The summed E-state index contributed by atoms with van der Waals surface area (Å²) in [5.74, 6) is 0.403. The lowest BCUT2D eigenvalue weighted by molar-refractivity contribution is -0.151. The van der Waals surface area contributed by atoms with Gasteiger partial charge < -0.3 is 24.8 Å². The van der Waals surface area contributed by atoms with Crippen LogP contribution in [0.1, 0.15) is 37.3 Å². The molecule has 1 aromatic carbocycles. The lowest BCUT2D eigenvalue weighted by Crippen LogP contribution is -2.54. The van der Waals surface area contributed by atoms with Crippen LogP contribution in [0.25, 0.3) is 0 Å². The molecule has 0 radical (unpaired) electrons. The monoisotopic (exact) mass is 406 g/mol. The van der Waals surface area contributed by atoms with Crippen molar-refractivity contribution in [2.24, 2.45) is 13.0 Å². The summed E-state index contributed by atoms with van der Waals surface area (Å²) < 4.78 is 14.9. The third-order valence-corrected chi connectivity index (χ3v) is 5.92. The molecule has 3 rings (SSSR count). The molecule has 8 heteroatoms. The summed E-state index contributed by atoms with van der Waals surface area (Å²) in [6.45, 7) is 5.53. The summed E-state index contributed by atoms with van der Waals surface area (Å²) in [6, 6.07) is 4.86. The molecule has 4 N–H and O–H groups in total. The Kier molecular flexibility index (Phi) is 6.58. The van der Waals surface area contributed by atoms with Gasteiger partial charge in [-0.3, -0.25) is 5.32 Å². The molecule has 1 aliphatic rings. The molecule has 2 aromatic rings. The molecule has 2 heterocycles. The Bertz CT molecular complexity index is 818. The highest BCUT2D eigenvalue weighted by atomic mass is 19.1. The number of benzene rings is 1. The van der Waals surface area contributed by atoms with Crippen molar-refractivity contribution in [1.82, 2.24) is 14.9 Å². The van der Waals surface area contributed by atoms with E-state index >= 15 is 0 Å². The largest absolute Gasteiger partial charge is 0.383 e. The molecule has 160 valence electrons. The first-order valence-electron chi connectivity index (χ1n) is 10.0. The smallest absolute Gasteiger partial charge is 0.144 e. The van der Waals surface area contributed by atoms with Crippen LogP contribution >= 0.6 is 0 Å². The van der Waals surface area contributed by atoms with Gasteiger partial charge in [0.25, 0.3) is 0 Å². The van der Waals surface area contributed by atoms with Crippen molar-refractivity contribution in [1.29, 1.82) is 0 Å². The van der Waals surface area contributed by atoms with Gasteiger partial charge in [-0.1, -0.05) is 0 Å². The number of halogens is 1. The number of aryl methyl sites for hydroxylation is 2. The maximum absolute atomic E-state index is 13.3. The van der Waals surface area contributed by atoms with Gasteiger partial charge in [0, 0.05) is 44.8 Å². The van der Waals surface area contributed by atoms with Gasteiger partial charge in [-0.2, -0.15) is 0 Å². The number of hydrogen-bond donors (Lipinski definition) is 4. The van der Waals surface area contributed by atoms with Gasteiger partial charge in [-0.15, -0.1) is 0 Å². The third-order valence-electron chi connectivity index (χ3n) is 5.92. The number of hydrogen-bond acceptors (Lipinski definition) is 6. The van der Waals surface area contributed by atoms with E-state index in [1.807, 2.05) is 13.0 Å². The second-order valence-corrected chi connectivity index (χ2v) is 8.20. The molecule has 0 amide bonds. The lowest BCUT2D eigenvalue weighted by atomic mass is 9.93. The maximum atomic E-state index is 13.3. The molecule has 0 aliphatic carbocycles. The standard InChI is InChI=1S/C21H31FN4O3/c1-14-12-16(22)4-5-17(14)26-9-6-15(7-10-26)13-24-20(28)21(2,29)18(27)19-23-8-11-25(19)3/h4-5,8,11-12,15,18,20,24,27-29H,6-7,9-10,13H2,1-3H3/t18-,20?,21+/m0/s1. The van der Waals surface area contributed by atoms with Crippen molar-refractivity contribution in [3.8, 4) is 0 Å². The number of anilines is 1. The van der Waals surface area contributed by atoms with Crippen molar-refractivity contribution in [3.63, 3.8) is 0 Å². The van der Waals surface area contributed by atoms with Crippen LogP contribution in [-0.2, 0) is 7.05 Å². The van der Waals surface area contributed by atoms with Gasteiger partial charge in [-0.05, 0) is 56.4 Å². The van der Waals surface area contributed by atoms with Crippen molar-refractivity contribution < 1.29 is 19.7 Å². The average molecular weight is 407 g/mol. The highest BCUT2D eigenvalue weighted by Gasteiger charge is 2.41. The van der Waals surface area contributed by atoms with Crippen molar-refractivity contribution >= 4 is 5.69 Å². The third kappa shape index (κ3) is 4.78. The topological polar surface area (TPSA) is 93.8 Å². The molecule has 1 saturated heterocycles. The zero-order valence-electron chi connectivity index (χ0n) is 17.2. The van der Waals surface area contributed by atoms with Crippen LogP contribution in [-0.4, -0.2) is 56.3 Å². The maximum Gasteiger partial charge on any atom is 0.144 e. The van der Waals surface area contributed by atoms with E-state index in [0.717, 1.165) is 37.2 Å². The zero-order valence-corrected chi connectivity index (χ0v) is 17.2. The summed E-state index contributed by atoms with van der Waals surface area (Å²) in [4.78, 5) is 6.30. The highest BCUT2D eigenvalue weighted by Crippen LogP contribution is 2.28. The minimum Gasteiger partial charge on any atom is -0.383 e. The summed E-state index contributed by atoms with van der Waals surface area (Å²) in [5.41, 5.74) is 0.195. The molecule has 0 bridgehead atoms. The fourth-order valence-corrected chi connectivity index (χ4v) is 3.89. The first-order chi connectivity index (χ1) is 13.7. The van der Waals surface area contributed by atoms with Gasteiger partial charge in [0.05, 0.1) is 0 Å². The molecule has 29 heavy (non-hydrogen) atoms. The SMILES string of the molecule is Cc1cc(F)ccc1N1CCC(CNC(O)[C@](C)(O)[C@@H](O)c2nccn2C)CC1. The quantitative estimate of drug-likeness (QED) is 0.521. The van der Waals surface area contributed by atoms with Crippen LogP contribution in [0.3, 0.4) is 0 Å². The molecule has 0 saturated carbocycles. The van der Waals surface area contributed by atoms with Gasteiger partial charge >= 0.3 is 0 Å². The Balaban J connectivity index is 1.51. The van der Waals surface area contributed by atoms with Gasteiger partial charge in [0.1, 0.15) is 29.6 Å². The Morgan fingerprint density at radius 2 is 2.00 bits per heavy atom. The molecule has 1 unspecified atom stereocenters. The average Bonchev–Trinajstić information content (AvgIpc) is 3.11. The Morgan fingerprint density at radius 3 is 2.59 bits per heavy atom. The van der Waals surface area contributed by atoms with Crippen LogP contribution < -0.4 is 10.2 Å². The van der Waals surface area contributed by atoms with E-state index in [0.29, 0.717) is 18.3 Å². The van der Waals surface area contributed by atoms with E-state index in [4.69, 9.17) is 0 Å². The molecule has 1 aromatic heterocycles. The fraction of sp³-hybridized carbons (Fsp3) is 0.571. The first-order valence-corrected chi connectivity index (χ1v) is 10.0. The minimum atomic E-state index is -1.79. The predicted octanol–water partition coefficient (Wildman–Crippen LogP) is 1.48. The van der Waals surface area contributed by atoms with Crippen LogP contribution in [0.4, 0.5) is 10.1 Å². The normalized spacial score (nSPS) is 19.8. The van der Waals surface area contributed by atoms with Crippen molar-refractivity contribution in [2.45, 2.75) is 44.6 Å². The molecular weight excluding hydrogens is 375 g/mol. The number of piperidine rings is 1. The van der Waals surface area contributed by atoms with E-state index in [1.54, 1.807) is 23.9 Å². The van der Waals surface area contributed by atoms with Crippen molar-refractivity contribution in [3.05, 3.63) is 47.8 Å². The molecule has 1 aliphatic heterocycles. The van der Waals surface area contributed by atoms with Crippen molar-refractivity contribution in [2.75, 3.05) is 24.5 Å². The van der Waals surface area contributed by atoms with E-state index in [1.165, 1.54) is 19.2 Å². The summed E-state index contributed by atoms with van der Waals surface area (Å²) in [7, 11) is 1.72. The van der Waals surface area contributed by atoms with E-state index in [-0.39, 0.29) is 5.82 Å². The Hall–Kier alpha value is -2.00. The predicted molar refractivity (Wildman–Crippen MR) is 109 cm³/mol. The Labute approximate surface area is 170 Å². The van der Waals surface area contributed by atoms with Gasteiger partial charge in [0.15, 0.2) is 0 Å².